The minimum Gasteiger partial charge on any atom is -0.468 e. The van der Waals surface area contributed by atoms with Crippen molar-refractivity contribution in [2.75, 3.05) is 12.9 Å². The molecule has 7 nitrogen and oxygen atoms in total. The number of hydrogen-bond acceptors (Lipinski definition) is 6. The number of ether oxygens (including phenoxy) is 1. The smallest absolute Gasteiger partial charge is 0.343 e. The second-order valence-corrected chi connectivity index (χ2v) is 5.77. The van der Waals surface area contributed by atoms with E-state index in [0.717, 1.165) is 12.8 Å². The molecule has 8 heteroatoms. The van der Waals surface area contributed by atoms with Gasteiger partial charge in [-0.1, -0.05) is 11.8 Å². The number of carbonyl (C=O) groups is 1. The maximum Gasteiger partial charge on any atom is 0.343 e. The summed E-state index contributed by atoms with van der Waals surface area (Å²) in [5.74, 6) is 0.469. The number of thioether (sulfide) groups is 1. The summed E-state index contributed by atoms with van der Waals surface area (Å²) in [6.45, 7) is 2.48. The minimum absolute atomic E-state index is 0.198. The maximum absolute atomic E-state index is 11.7. The summed E-state index contributed by atoms with van der Waals surface area (Å²) in [6, 6.07) is 0.170. The molecule has 1 fully saturated rings. The third-order valence-corrected chi connectivity index (χ3v) is 4.19. The van der Waals surface area contributed by atoms with Gasteiger partial charge in [-0.05, 0) is 26.2 Å². The quantitative estimate of drug-likeness (QED) is 0.532. The highest BCUT2D eigenvalue weighted by atomic mass is 32.2. The predicted octanol–water partition coefficient (Wildman–Crippen LogP) is 0.367. The van der Waals surface area contributed by atoms with Crippen LogP contribution < -0.4 is 11.0 Å². The number of H-pyrrole nitrogens is 1. The lowest BCUT2D eigenvalue weighted by Crippen LogP contribution is -2.39. The molecule has 1 aromatic rings. The Morgan fingerprint density at radius 2 is 2.40 bits per heavy atom. The van der Waals surface area contributed by atoms with Gasteiger partial charge in [0, 0.05) is 18.3 Å². The molecule has 1 aliphatic rings. The van der Waals surface area contributed by atoms with Gasteiger partial charge in [0.1, 0.15) is 6.04 Å². The molecule has 0 aliphatic heterocycles. The molecule has 1 heterocycles. The van der Waals surface area contributed by atoms with E-state index in [2.05, 4.69) is 15.5 Å². The van der Waals surface area contributed by atoms with Gasteiger partial charge in [-0.3, -0.25) is 9.36 Å². The number of aromatic nitrogens is 3. The van der Waals surface area contributed by atoms with Crippen LogP contribution in [0.15, 0.2) is 9.95 Å². The van der Waals surface area contributed by atoms with E-state index in [1.165, 1.54) is 18.9 Å². The van der Waals surface area contributed by atoms with Crippen molar-refractivity contribution in [3.05, 3.63) is 10.5 Å². The number of hydrogen-bond donors (Lipinski definition) is 2. The fourth-order valence-corrected chi connectivity index (χ4v) is 2.92. The van der Waals surface area contributed by atoms with Crippen molar-refractivity contribution >= 4 is 17.7 Å². The third kappa shape index (κ3) is 3.86. The standard InChI is InChI=1S/C12H20N4O3S/c1-3-16-11(18)14-15-12(16)20-7-6-9(10(17)19-2)13-8-4-5-8/h8-9,13H,3-7H2,1-2H3,(H,14,18). The first-order valence-electron chi connectivity index (χ1n) is 6.77. The number of rotatable bonds is 8. The van der Waals surface area contributed by atoms with Crippen molar-refractivity contribution in [2.45, 2.75) is 50.0 Å². The van der Waals surface area contributed by atoms with Gasteiger partial charge in [0.2, 0.25) is 0 Å². The lowest BCUT2D eigenvalue weighted by molar-refractivity contribution is -0.143. The summed E-state index contributed by atoms with van der Waals surface area (Å²) in [5, 5.41) is 10.3. The first-order valence-corrected chi connectivity index (χ1v) is 7.76. The molecule has 1 aliphatic carbocycles. The second kappa shape index (κ2) is 6.94. The average Bonchev–Trinajstić information content (AvgIpc) is 3.20. The van der Waals surface area contributed by atoms with Crippen LogP contribution in [0, 0.1) is 0 Å². The number of methoxy groups -OCH3 is 1. The zero-order chi connectivity index (χ0) is 14.5. The van der Waals surface area contributed by atoms with E-state index in [0.29, 0.717) is 29.9 Å². The fourth-order valence-electron chi connectivity index (χ4n) is 1.91. The highest BCUT2D eigenvalue weighted by Gasteiger charge is 2.28. The van der Waals surface area contributed by atoms with Crippen LogP contribution in [-0.2, 0) is 16.1 Å². The van der Waals surface area contributed by atoms with Crippen molar-refractivity contribution in [1.29, 1.82) is 0 Å². The summed E-state index contributed by atoms with van der Waals surface area (Å²) >= 11 is 1.47. The third-order valence-electron chi connectivity index (χ3n) is 3.18. The van der Waals surface area contributed by atoms with Gasteiger partial charge >= 0.3 is 11.7 Å². The van der Waals surface area contributed by atoms with Crippen LogP contribution in [0.3, 0.4) is 0 Å². The van der Waals surface area contributed by atoms with Gasteiger partial charge in [-0.2, -0.15) is 0 Å². The van der Waals surface area contributed by atoms with Crippen LogP contribution in [0.1, 0.15) is 26.2 Å². The van der Waals surface area contributed by atoms with E-state index in [1.54, 1.807) is 4.57 Å². The van der Waals surface area contributed by atoms with Crippen LogP contribution in [0.25, 0.3) is 0 Å². The van der Waals surface area contributed by atoms with Crippen LogP contribution in [-0.4, -0.2) is 45.7 Å². The van der Waals surface area contributed by atoms with E-state index in [4.69, 9.17) is 4.74 Å². The van der Waals surface area contributed by atoms with Gasteiger partial charge in [0.25, 0.3) is 0 Å². The Kier molecular flexibility index (Phi) is 5.24. The van der Waals surface area contributed by atoms with E-state index in [-0.39, 0.29) is 17.7 Å². The van der Waals surface area contributed by atoms with Crippen molar-refractivity contribution in [1.82, 2.24) is 20.1 Å². The lowest BCUT2D eigenvalue weighted by Gasteiger charge is -2.15. The molecule has 1 atom stereocenters. The van der Waals surface area contributed by atoms with E-state index < -0.39 is 0 Å². The average molecular weight is 300 g/mol. The molecule has 112 valence electrons. The molecule has 2 N–H and O–H groups in total. The monoisotopic (exact) mass is 300 g/mol. The Morgan fingerprint density at radius 3 is 3.00 bits per heavy atom. The molecule has 0 aromatic carbocycles. The Hall–Kier alpha value is -1.28. The van der Waals surface area contributed by atoms with Gasteiger partial charge < -0.3 is 10.1 Å². The molecule has 1 unspecified atom stereocenters. The SMILES string of the molecule is CCn1c(SCCC(NC2CC2)C(=O)OC)n[nH]c1=O. The van der Waals surface area contributed by atoms with Gasteiger partial charge in [0.05, 0.1) is 7.11 Å². The lowest BCUT2D eigenvalue weighted by atomic mass is 10.2. The number of nitrogens with one attached hydrogen (secondary N) is 2. The summed E-state index contributed by atoms with van der Waals surface area (Å²) in [4.78, 5) is 23.1. The number of nitrogens with zero attached hydrogens (tertiary/aromatic N) is 2. The topological polar surface area (TPSA) is 89.0 Å². The molecular weight excluding hydrogens is 280 g/mol. The molecule has 0 saturated heterocycles. The number of esters is 1. The van der Waals surface area contributed by atoms with Crippen molar-refractivity contribution in [2.24, 2.45) is 0 Å². The highest BCUT2D eigenvalue weighted by molar-refractivity contribution is 7.99. The van der Waals surface area contributed by atoms with Crippen molar-refractivity contribution in [3.8, 4) is 0 Å². The Balaban J connectivity index is 1.85. The van der Waals surface area contributed by atoms with Crippen LogP contribution in [0.4, 0.5) is 0 Å². The molecule has 20 heavy (non-hydrogen) atoms. The van der Waals surface area contributed by atoms with Crippen LogP contribution >= 0.6 is 11.8 Å². The van der Waals surface area contributed by atoms with Crippen molar-refractivity contribution in [3.63, 3.8) is 0 Å². The summed E-state index contributed by atoms with van der Waals surface area (Å²) in [5.41, 5.74) is -0.198. The van der Waals surface area contributed by atoms with Gasteiger partial charge in [0.15, 0.2) is 5.16 Å². The molecular formula is C12H20N4O3S. The molecule has 1 aromatic heterocycles. The van der Waals surface area contributed by atoms with Crippen LogP contribution in [0.2, 0.25) is 0 Å². The Bertz CT molecular complexity index is 509. The number of carbonyl (C=O) groups excluding carboxylic acids is 1. The minimum atomic E-state index is -0.277. The molecule has 0 amide bonds. The second-order valence-electron chi connectivity index (χ2n) is 4.71. The Morgan fingerprint density at radius 1 is 1.65 bits per heavy atom. The Labute approximate surface area is 121 Å². The van der Waals surface area contributed by atoms with Crippen LogP contribution in [0.5, 0.6) is 0 Å². The molecule has 0 spiro atoms. The highest BCUT2D eigenvalue weighted by Crippen LogP contribution is 2.21. The normalized spacial score (nSPS) is 16.1. The zero-order valence-electron chi connectivity index (χ0n) is 11.7. The largest absolute Gasteiger partial charge is 0.468 e. The first-order chi connectivity index (χ1) is 9.65. The van der Waals surface area contributed by atoms with Crippen molar-refractivity contribution < 1.29 is 9.53 Å². The van der Waals surface area contributed by atoms with Gasteiger partial charge in [-0.25, -0.2) is 9.89 Å². The maximum atomic E-state index is 11.7. The predicted molar refractivity (Wildman–Crippen MR) is 75.8 cm³/mol. The fraction of sp³-hybridized carbons (Fsp3) is 0.750. The van der Waals surface area contributed by atoms with Gasteiger partial charge in [-0.15, -0.1) is 5.10 Å². The summed E-state index contributed by atoms with van der Waals surface area (Å²) in [6.07, 6.45) is 2.89. The van der Waals surface area contributed by atoms with E-state index >= 15 is 0 Å². The van der Waals surface area contributed by atoms with E-state index in [1.807, 2.05) is 6.92 Å². The number of aromatic amines is 1. The molecule has 0 radical (unpaired) electrons. The first kappa shape index (κ1) is 15.1. The zero-order valence-corrected chi connectivity index (χ0v) is 12.5. The molecule has 0 bridgehead atoms. The molecule has 1 saturated carbocycles. The summed E-state index contributed by atoms with van der Waals surface area (Å²) < 4.78 is 6.38. The summed E-state index contributed by atoms with van der Waals surface area (Å²) in [7, 11) is 1.40. The molecule has 2 rings (SSSR count). The van der Waals surface area contributed by atoms with E-state index in [9.17, 15) is 9.59 Å².